The van der Waals surface area contributed by atoms with Gasteiger partial charge in [0.2, 0.25) is 5.91 Å². The third-order valence-electron chi connectivity index (χ3n) is 5.88. The molecule has 2 heterocycles. The van der Waals surface area contributed by atoms with Crippen molar-refractivity contribution in [3.63, 3.8) is 0 Å². The fourth-order valence-electron chi connectivity index (χ4n) is 4.17. The first kappa shape index (κ1) is 22.0. The van der Waals surface area contributed by atoms with Crippen LogP contribution in [-0.4, -0.2) is 54.9 Å². The number of amides is 2. The summed E-state index contributed by atoms with van der Waals surface area (Å²) in [7, 11) is 1.65. The fraction of sp³-hybridized carbons (Fsp3) is 0.280. The second-order valence-corrected chi connectivity index (χ2v) is 9.11. The first-order valence-corrected chi connectivity index (χ1v) is 11.4. The van der Waals surface area contributed by atoms with Crippen molar-refractivity contribution in [1.29, 1.82) is 0 Å². The van der Waals surface area contributed by atoms with Crippen LogP contribution >= 0.6 is 11.3 Å². The van der Waals surface area contributed by atoms with Crippen molar-refractivity contribution in [3.05, 3.63) is 76.0 Å². The number of carbonyl (C=O) groups is 2. The third kappa shape index (κ3) is 4.54. The zero-order valence-corrected chi connectivity index (χ0v) is 19.1. The molecule has 1 atom stereocenters. The Morgan fingerprint density at radius 3 is 2.25 bits per heavy atom. The molecule has 0 saturated carbocycles. The lowest BCUT2D eigenvalue weighted by atomic mass is 10.0. The molecule has 1 unspecified atom stereocenters. The summed E-state index contributed by atoms with van der Waals surface area (Å²) in [5.41, 5.74) is 8.73. The number of benzene rings is 2. The normalized spacial score (nSPS) is 15.4. The Morgan fingerprint density at radius 2 is 1.66 bits per heavy atom. The number of ether oxygens (including phenoxy) is 1. The van der Waals surface area contributed by atoms with Crippen LogP contribution < -0.4 is 10.5 Å². The Morgan fingerprint density at radius 1 is 1.00 bits per heavy atom. The summed E-state index contributed by atoms with van der Waals surface area (Å²) in [4.78, 5) is 31.1. The Labute approximate surface area is 192 Å². The van der Waals surface area contributed by atoms with Gasteiger partial charge in [0.1, 0.15) is 11.8 Å². The molecule has 32 heavy (non-hydrogen) atoms. The number of carbonyl (C=O) groups excluding carboxylic acids is 2. The molecule has 3 aromatic rings. The number of nitrogens with two attached hydrogens (primary N) is 1. The SMILES string of the molecule is COc1ccc(-c2cc(C(=O)N3CCN(C(C(N)=O)c4ccccc4)CC3)sc2C)cc1. The highest BCUT2D eigenvalue weighted by molar-refractivity contribution is 7.14. The summed E-state index contributed by atoms with van der Waals surface area (Å²) in [6, 6.07) is 18.9. The van der Waals surface area contributed by atoms with E-state index >= 15 is 0 Å². The van der Waals surface area contributed by atoms with E-state index in [2.05, 4.69) is 4.90 Å². The van der Waals surface area contributed by atoms with E-state index in [1.807, 2.05) is 72.5 Å². The van der Waals surface area contributed by atoms with Gasteiger partial charge in [0, 0.05) is 31.1 Å². The number of piperazine rings is 1. The molecule has 1 saturated heterocycles. The zero-order valence-electron chi connectivity index (χ0n) is 18.3. The van der Waals surface area contributed by atoms with Crippen LogP contribution in [0.25, 0.3) is 11.1 Å². The fourth-order valence-corrected chi connectivity index (χ4v) is 5.18. The molecule has 2 aromatic carbocycles. The van der Waals surface area contributed by atoms with Gasteiger partial charge in [0.15, 0.2) is 0 Å². The van der Waals surface area contributed by atoms with Gasteiger partial charge < -0.3 is 15.4 Å². The Bertz CT molecular complexity index is 1090. The van der Waals surface area contributed by atoms with Gasteiger partial charge in [-0.25, -0.2) is 0 Å². The van der Waals surface area contributed by atoms with Crippen LogP contribution in [0, 0.1) is 6.92 Å². The van der Waals surface area contributed by atoms with Crippen molar-refractivity contribution in [3.8, 4) is 16.9 Å². The van der Waals surface area contributed by atoms with Crippen molar-refractivity contribution < 1.29 is 14.3 Å². The number of thiophene rings is 1. The maximum atomic E-state index is 13.2. The van der Waals surface area contributed by atoms with Gasteiger partial charge in [-0.15, -0.1) is 11.3 Å². The third-order valence-corrected chi connectivity index (χ3v) is 6.92. The lowest BCUT2D eigenvalue weighted by Gasteiger charge is -2.38. The van der Waals surface area contributed by atoms with E-state index in [1.54, 1.807) is 7.11 Å². The first-order valence-electron chi connectivity index (χ1n) is 10.6. The van der Waals surface area contributed by atoms with E-state index in [9.17, 15) is 9.59 Å². The maximum Gasteiger partial charge on any atom is 0.264 e. The number of methoxy groups -OCH3 is 1. The van der Waals surface area contributed by atoms with E-state index in [0.29, 0.717) is 26.2 Å². The molecule has 1 fully saturated rings. The molecule has 0 bridgehead atoms. The lowest BCUT2D eigenvalue weighted by Crippen LogP contribution is -2.51. The van der Waals surface area contributed by atoms with E-state index in [4.69, 9.17) is 10.5 Å². The molecular weight excluding hydrogens is 422 g/mol. The highest BCUT2D eigenvalue weighted by Crippen LogP contribution is 2.33. The van der Waals surface area contributed by atoms with Gasteiger partial charge in [-0.05, 0) is 41.8 Å². The second-order valence-electron chi connectivity index (χ2n) is 7.85. The summed E-state index contributed by atoms with van der Waals surface area (Å²) in [5.74, 6) is 0.474. The van der Waals surface area contributed by atoms with Gasteiger partial charge in [0.25, 0.3) is 5.91 Å². The summed E-state index contributed by atoms with van der Waals surface area (Å²) in [6.07, 6.45) is 0. The van der Waals surface area contributed by atoms with Crippen LogP contribution in [0.15, 0.2) is 60.7 Å². The minimum absolute atomic E-state index is 0.0350. The molecule has 1 aliphatic heterocycles. The smallest absolute Gasteiger partial charge is 0.264 e. The number of hydrogen-bond acceptors (Lipinski definition) is 5. The Kier molecular flexibility index (Phi) is 6.58. The van der Waals surface area contributed by atoms with Crippen LogP contribution in [-0.2, 0) is 4.79 Å². The highest BCUT2D eigenvalue weighted by atomic mass is 32.1. The summed E-state index contributed by atoms with van der Waals surface area (Å²) < 4.78 is 5.24. The van der Waals surface area contributed by atoms with Gasteiger partial charge in [-0.1, -0.05) is 42.5 Å². The van der Waals surface area contributed by atoms with E-state index < -0.39 is 6.04 Å². The van der Waals surface area contributed by atoms with Crippen molar-refractivity contribution >= 4 is 23.2 Å². The van der Waals surface area contributed by atoms with Crippen LogP contribution in [0.4, 0.5) is 0 Å². The number of primary amides is 1. The van der Waals surface area contributed by atoms with E-state index in [-0.39, 0.29) is 11.8 Å². The first-order chi connectivity index (χ1) is 15.5. The topological polar surface area (TPSA) is 75.9 Å². The minimum Gasteiger partial charge on any atom is -0.497 e. The van der Waals surface area contributed by atoms with Crippen LogP contribution in [0.1, 0.15) is 26.2 Å². The number of aryl methyl sites for hydroxylation is 1. The van der Waals surface area contributed by atoms with Gasteiger partial charge in [0.05, 0.1) is 12.0 Å². The molecule has 2 N–H and O–H groups in total. The summed E-state index contributed by atoms with van der Waals surface area (Å²) in [5, 5.41) is 0. The molecule has 1 aromatic heterocycles. The average molecular weight is 450 g/mol. The molecule has 0 radical (unpaired) electrons. The Balaban J connectivity index is 1.45. The molecule has 4 rings (SSSR count). The van der Waals surface area contributed by atoms with Crippen LogP contribution in [0.5, 0.6) is 5.75 Å². The number of rotatable bonds is 6. The van der Waals surface area contributed by atoms with Gasteiger partial charge in [-0.3, -0.25) is 14.5 Å². The summed E-state index contributed by atoms with van der Waals surface area (Å²) in [6.45, 7) is 4.36. The molecule has 166 valence electrons. The van der Waals surface area contributed by atoms with Gasteiger partial charge >= 0.3 is 0 Å². The van der Waals surface area contributed by atoms with Crippen molar-refractivity contribution in [1.82, 2.24) is 9.80 Å². The molecule has 6 nitrogen and oxygen atoms in total. The zero-order chi connectivity index (χ0) is 22.7. The van der Waals surface area contributed by atoms with Crippen molar-refractivity contribution in [2.24, 2.45) is 5.73 Å². The van der Waals surface area contributed by atoms with Crippen LogP contribution in [0.3, 0.4) is 0 Å². The highest BCUT2D eigenvalue weighted by Gasteiger charge is 2.31. The largest absolute Gasteiger partial charge is 0.497 e. The predicted molar refractivity (Wildman–Crippen MR) is 127 cm³/mol. The van der Waals surface area contributed by atoms with E-state index in [0.717, 1.165) is 32.2 Å². The lowest BCUT2D eigenvalue weighted by molar-refractivity contribution is -0.124. The molecule has 7 heteroatoms. The van der Waals surface area contributed by atoms with Crippen molar-refractivity contribution in [2.45, 2.75) is 13.0 Å². The molecule has 0 spiro atoms. The molecular formula is C25H27N3O3S. The summed E-state index contributed by atoms with van der Waals surface area (Å²) >= 11 is 1.52. The minimum atomic E-state index is -0.473. The maximum absolute atomic E-state index is 13.2. The molecule has 1 aliphatic rings. The average Bonchev–Trinajstić information content (AvgIpc) is 3.21. The predicted octanol–water partition coefficient (Wildman–Crippen LogP) is 3.72. The number of hydrogen-bond donors (Lipinski definition) is 1. The Hall–Kier alpha value is -3.16. The van der Waals surface area contributed by atoms with E-state index in [1.165, 1.54) is 11.3 Å². The quantitative estimate of drug-likeness (QED) is 0.622. The monoisotopic (exact) mass is 449 g/mol. The number of nitrogens with zero attached hydrogens (tertiary/aromatic N) is 2. The van der Waals surface area contributed by atoms with Crippen LogP contribution in [0.2, 0.25) is 0 Å². The second kappa shape index (κ2) is 9.54. The standard InChI is InChI=1S/C25H27N3O3S/c1-17-21(18-8-10-20(31-2)11-9-18)16-22(32-17)25(30)28-14-12-27(13-15-28)23(24(26)29)19-6-4-3-5-7-19/h3-11,16,23H,12-15H2,1-2H3,(H2,26,29). The van der Waals surface area contributed by atoms with Gasteiger partial charge in [-0.2, -0.15) is 0 Å². The molecule has 0 aliphatic carbocycles. The molecule has 2 amide bonds. The van der Waals surface area contributed by atoms with Crippen molar-refractivity contribution in [2.75, 3.05) is 33.3 Å².